The average Bonchev–Trinajstić information content (AvgIpc) is 2.27. The topological polar surface area (TPSA) is 59.0 Å². The maximum absolute atomic E-state index is 8.79. The van der Waals surface area contributed by atoms with Gasteiger partial charge in [0.1, 0.15) is 11.8 Å². The van der Waals surface area contributed by atoms with Gasteiger partial charge in [-0.1, -0.05) is 22.9 Å². The molecule has 0 aliphatic heterocycles. The van der Waals surface area contributed by atoms with E-state index in [0.29, 0.717) is 18.7 Å². The first-order valence-electron chi connectivity index (χ1n) is 4.76. The summed E-state index contributed by atoms with van der Waals surface area (Å²) in [5.74, 6) is 0.689. The Kier molecular flexibility index (Phi) is 4.60. The number of nitrogens with two attached hydrogens (primary N) is 1. The molecule has 0 heterocycles. The lowest BCUT2D eigenvalue weighted by Crippen LogP contribution is -2.14. The Balaban J connectivity index is 2.89. The third-order valence-electron chi connectivity index (χ3n) is 2.03. The molecular formula is C11H13BrN2O. The van der Waals surface area contributed by atoms with E-state index >= 15 is 0 Å². The highest BCUT2D eigenvalue weighted by atomic mass is 79.9. The van der Waals surface area contributed by atoms with Gasteiger partial charge in [-0.05, 0) is 24.6 Å². The number of hydrogen-bond acceptors (Lipinski definition) is 3. The standard InChI is InChI=1S/C11H13BrN2O/c1-2-10(7-14)15-11-4-3-9(12)5-8(11)6-13/h3-5,10H,2,6,13H2,1H3. The van der Waals surface area contributed by atoms with Crippen molar-refractivity contribution >= 4 is 15.9 Å². The molecular weight excluding hydrogens is 256 g/mol. The molecule has 80 valence electrons. The van der Waals surface area contributed by atoms with Crippen molar-refractivity contribution in [3.8, 4) is 11.8 Å². The lowest BCUT2D eigenvalue weighted by atomic mass is 10.2. The third-order valence-corrected chi connectivity index (χ3v) is 2.52. The zero-order valence-corrected chi connectivity index (χ0v) is 10.1. The largest absolute Gasteiger partial charge is 0.475 e. The lowest BCUT2D eigenvalue weighted by molar-refractivity contribution is 0.249. The summed E-state index contributed by atoms with van der Waals surface area (Å²) in [7, 11) is 0. The highest BCUT2D eigenvalue weighted by Crippen LogP contribution is 2.24. The summed E-state index contributed by atoms with van der Waals surface area (Å²) < 4.78 is 6.49. The van der Waals surface area contributed by atoms with Gasteiger partial charge in [0.2, 0.25) is 0 Å². The number of hydrogen-bond donors (Lipinski definition) is 1. The molecule has 0 radical (unpaired) electrons. The van der Waals surface area contributed by atoms with Crippen molar-refractivity contribution in [2.75, 3.05) is 0 Å². The molecule has 0 fully saturated rings. The van der Waals surface area contributed by atoms with Crippen LogP contribution in [0, 0.1) is 11.3 Å². The Morgan fingerprint density at radius 2 is 2.33 bits per heavy atom. The molecule has 0 spiro atoms. The molecule has 1 atom stereocenters. The van der Waals surface area contributed by atoms with E-state index in [2.05, 4.69) is 22.0 Å². The third kappa shape index (κ3) is 3.22. The molecule has 1 rings (SSSR count). The maximum Gasteiger partial charge on any atom is 0.184 e. The minimum Gasteiger partial charge on any atom is -0.475 e. The van der Waals surface area contributed by atoms with Gasteiger partial charge >= 0.3 is 0 Å². The first-order valence-corrected chi connectivity index (χ1v) is 5.55. The van der Waals surface area contributed by atoms with Gasteiger partial charge in [-0.2, -0.15) is 5.26 Å². The Bertz CT molecular complexity index is 373. The maximum atomic E-state index is 8.79. The van der Waals surface area contributed by atoms with Crippen LogP contribution >= 0.6 is 15.9 Å². The molecule has 4 heteroatoms. The van der Waals surface area contributed by atoms with Crippen LogP contribution in [0.3, 0.4) is 0 Å². The summed E-state index contributed by atoms with van der Waals surface area (Å²) >= 11 is 3.36. The SMILES string of the molecule is CCC(C#N)Oc1ccc(Br)cc1CN. The second-order valence-corrected chi connectivity index (χ2v) is 4.02. The Labute approximate surface area is 98.0 Å². The van der Waals surface area contributed by atoms with Crippen molar-refractivity contribution in [2.24, 2.45) is 5.73 Å². The molecule has 0 saturated carbocycles. The molecule has 1 aromatic rings. The summed E-state index contributed by atoms with van der Waals surface area (Å²) in [6.45, 7) is 2.31. The molecule has 1 aromatic carbocycles. The van der Waals surface area contributed by atoms with Crippen LogP contribution in [0.5, 0.6) is 5.75 Å². The summed E-state index contributed by atoms with van der Waals surface area (Å²) in [5.41, 5.74) is 6.50. The predicted octanol–water partition coefficient (Wildman–Crippen LogP) is 2.59. The van der Waals surface area contributed by atoms with Gasteiger partial charge < -0.3 is 10.5 Å². The van der Waals surface area contributed by atoms with Crippen LogP contribution < -0.4 is 10.5 Å². The Morgan fingerprint density at radius 3 is 2.87 bits per heavy atom. The monoisotopic (exact) mass is 268 g/mol. The molecule has 0 aliphatic rings. The van der Waals surface area contributed by atoms with E-state index in [1.165, 1.54) is 0 Å². The molecule has 0 aliphatic carbocycles. The summed E-state index contributed by atoms with van der Waals surface area (Å²) in [6.07, 6.45) is 0.257. The molecule has 0 saturated heterocycles. The van der Waals surface area contributed by atoms with E-state index in [1.807, 2.05) is 25.1 Å². The van der Waals surface area contributed by atoms with Crippen molar-refractivity contribution in [3.63, 3.8) is 0 Å². The Morgan fingerprint density at radius 1 is 1.60 bits per heavy atom. The molecule has 3 nitrogen and oxygen atoms in total. The van der Waals surface area contributed by atoms with Gasteiger partial charge in [0, 0.05) is 16.6 Å². The normalized spacial score (nSPS) is 11.9. The molecule has 2 N–H and O–H groups in total. The first-order chi connectivity index (χ1) is 7.21. The zero-order valence-electron chi connectivity index (χ0n) is 8.53. The summed E-state index contributed by atoms with van der Waals surface area (Å²) in [4.78, 5) is 0. The second kappa shape index (κ2) is 5.74. The van der Waals surface area contributed by atoms with E-state index in [9.17, 15) is 0 Å². The number of nitriles is 1. The van der Waals surface area contributed by atoms with Crippen molar-refractivity contribution in [3.05, 3.63) is 28.2 Å². The number of halogens is 1. The highest BCUT2D eigenvalue weighted by Gasteiger charge is 2.09. The van der Waals surface area contributed by atoms with Gasteiger partial charge in [0.05, 0.1) is 0 Å². The summed E-state index contributed by atoms with van der Waals surface area (Å²) in [5, 5.41) is 8.79. The number of rotatable bonds is 4. The van der Waals surface area contributed by atoms with E-state index in [1.54, 1.807) is 0 Å². The molecule has 0 bridgehead atoms. The van der Waals surface area contributed by atoms with Gasteiger partial charge in [-0.3, -0.25) is 0 Å². The van der Waals surface area contributed by atoms with Crippen molar-refractivity contribution in [1.29, 1.82) is 5.26 Å². The predicted molar refractivity (Wildman–Crippen MR) is 62.4 cm³/mol. The van der Waals surface area contributed by atoms with E-state index in [0.717, 1.165) is 10.0 Å². The quantitative estimate of drug-likeness (QED) is 0.913. The van der Waals surface area contributed by atoms with E-state index in [-0.39, 0.29) is 0 Å². The van der Waals surface area contributed by atoms with Crippen LogP contribution in [0.15, 0.2) is 22.7 Å². The van der Waals surface area contributed by atoms with Crippen molar-refractivity contribution in [2.45, 2.75) is 26.0 Å². The number of ether oxygens (including phenoxy) is 1. The second-order valence-electron chi connectivity index (χ2n) is 3.10. The molecule has 0 aromatic heterocycles. The van der Waals surface area contributed by atoms with Crippen molar-refractivity contribution in [1.82, 2.24) is 0 Å². The molecule has 15 heavy (non-hydrogen) atoms. The Hall–Kier alpha value is -1.05. The fourth-order valence-electron chi connectivity index (χ4n) is 1.18. The van der Waals surface area contributed by atoms with Crippen LogP contribution in [0.2, 0.25) is 0 Å². The average molecular weight is 269 g/mol. The van der Waals surface area contributed by atoms with Crippen LogP contribution in [-0.2, 0) is 6.54 Å². The van der Waals surface area contributed by atoms with Gasteiger partial charge in [0.15, 0.2) is 6.10 Å². The number of benzene rings is 1. The highest BCUT2D eigenvalue weighted by molar-refractivity contribution is 9.10. The fraction of sp³-hybridized carbons (Fsp3) is 0.364. The lowest BCUT2D eigenvalue weighted by Gasteiger charge is -2.13. The minimum atomic E-state index is -0.406. The van der Waals surface area contributed by atoms with Crippen LogP contribution in [-0.4, -0.2) is 6.10 Å². The van der Waals surface area contributed by atoms with E-state index in [4.69, 9.17) is 15.7 Å². The summed E-state index contributed by atoms with van der Waals surface area (Å²) in [6, 6.07) is 7.69. The smallest absolute Gasteiger partial charge is 0.184 e. The first kappa shape index (κ1) is 12.0. The van der Waals surface area contributed by atoms with Gasteiger partial charge in [-0.15, -0.1) is 0 Å². The van der Waals surface area contributed by atoms with Crippen LogP contribution in [0.25, 0.3) is 0 Å². The zero-order chi connectivity index (χ0) is 11.3. The minimum absolute atomic E-state index is 0.399. The number of nitrogens with zero attached hydrogens (tertiary/aromatic N) is 1. The van der Waals surface area contributed by atoms with Crippen molar-refractivity contribution < 1.29 is 4.74 Å². The van der Waals surface area contributed by atoms with Gasteiger partial charge in [0.25, 0.3) is 0 Å². The van der Waals surface area contributed by atoms with Crippen LogP contribution in [0.4, 0.5) is 0 Å². The van der Waals surface area contributed by atoms with E-state index < -0.39 is 6.10 Å². The van der Waals surface area contributed by atoms with Crippen LogP contribution in [0.1, 0.15) is 18.9 Å². The fourth-order valence-corrected chi connectivity index (χ4v) is 1.59. The molecule has 0 amide bonds. The molecule has 1 unspecified atom stereocenters. The van der Waals surface area contributed by atoms with Gasteiger partial charge in [-0.25, -0.2) is 0 Å².